The zero-order valence-electron chi connectivity index (χ0n) is 10.6. The second-order valence-corrected chi connectivity index (χ2v) is 5.62. The van der Waals surface area contributed by atoms with E-state index in [9.17, 15) is 0 Å². The van der Waals surface area contributed by atoms with Crippen LogP contribution in [0.5, 0.6) is 0 Å². The SMILES string of the molecule is CN1CCC(CCNc2snc(N)c2C#N)CC1. The lowest BCUT2D eigenvalue weighted by Crippen LogP contribution is -2.30. The minimum absolute atomic E-state index is 0.337. The summed E-state index contributed by atoms with van der Waals surface area (Å²) in [5.74, 6) is 1.13. The van der Waals surface area contributed by atoms with Gasteiger partial charge in [0.15, 0.2) is 5.82 Å². The lowest BCUT2D eigenvalue weighted by atomic mass is 9.94. The van der Waals surface area contributed by atoms with Crippen LogP contribution in [0.4, 0.5) is 10.8 Å². The Balaban J connectivity index is 1.77. The number of nitriles is 1. The Kier molecular flexibility index (Phi) is 4.39. The van der Waals surface area contributed by atoms with Crippen molar-refractivity contribution in [3.63, 3.8) is 0 Å². The van der Waals surface area contributed by atoms with Crippen molar-refractivity contribution >= 4 is 22.4 Å². The largest absolute Gasteiger partial charge is 0.382 e. The van der Waals surface area contributed by atoms with Crippen LogP contribution in [0.15, 0.2) is 0 Å². The maximum Gasteiger partial charge on any atom is 0.157 e. The summed E-state index contributed by atoms with van der Waals surface area (Å²) in [4.78, 5) is 2.38. The van der Waals surface area contributed by atoms with Crippen molar-refractivity contribution in [2.75, 3.05) is 37.7 Å². The number of hydrogen-bond donors (Lipinski definition) is 2. The van der Waals surface area contributed by atoms with Crippen molar-refractivity contribution < 1.29 is 0 Å². The topological polar surface area (TPSA) is 78.0 Å². The van der Waals surface area contributed by atoms with Crippen LogP contribution in [0.1, 0.15) is 24.8 Å². The second-order valence-electron chi connectivity index (χ2n) is 4.85. The Morgan fingerprint density at radius 3 is 2.94 bits per heavy atom. The maximum absolute atomic E-state index is 8.96. The molecule has 6 heteroatoms. The predicted molar refractivity (Wildman–Crippen MR) is 74.6 cm³/mol. The molecule has 3 N–H and O–H groups in total. The Morgan fingerprint density at radius 2 is 2.28 bits per heavy atom. The molecule has 2 heterocycles. The van der Waals surface area contributed by atoms with E-state index >= 15 is 0 Å². The van der Waals surface area contributed by atoms with Gasteiger partial charge in [-0.3, -0.25) is 0 Å². The number of nitrogens with two attached hydrogens (primary N) is 1. The van der Waals surface area contributed by atoms with Gasteiger partial charge in [0.1, 0.15) is 16.6 Å². The van der Waals surface area contributed by atoms with Crippen molar-refractivity contribution in [2.24, 2.45) is 5.92 Å². The third-order valence-corrected chi connectivity index (χ3v) is 4.33. The van der Waals surface area contributed by atoms with Crippen molar-refractivity contribution in [2.45, 2.75) is 19.3 Å². The lowest BCUT2D eigenvalue weighted by Gasteiger charge is -2.28. The van der Waals surface area contributed by atoms with Gasteiger partial charge in [0.2, 0.25) is 0 Å². The molecule has 0 atom stereocenters. The molecule has 18 heavy (non-hydrogen) atoms. The van der Waals surface area contributed by atoms with E-state index < -0.39 is 0 Å². The van der Waals surface area contributed by atoms with Crippen LogP contribution < -0.4 is 11.1 Å². The molecular formula is C12H19N5S. The van der Waals surface area contributed by atoms with Crippen LogP contribution >= 0.6 is 11.5 Å². The Labute approximate surface area is 112 Å². The summed E-state index contributed by atoms with van der Waals surface area (Å²) in [6, 6.07) is 2.09. The summed E-state index contributed by atoms with van der Waals surface area (Å²) in [7, 11) is 2.17. The van der Waals surface area contributed by atoms with Gasteiger partial charge in [-0.15, -0.1) is 0 Å². The Hall–Kier alpha value is -1.32. The van der Waals surface area contributed by atoms with Crippen LogP contribution in [0, 0.1) is 17.2 Å². The molecule has 98 valence electrons. The number of aromatic nitrogens is 1. The van der Waals surface area contributed by atoms with Crippen LogP contribution in [-0.4, -0.2) is 36.0 Å². The van der Waals surface area contributed by atoms with Gasteiger partial charge in [-0.2, -0.15) is 9.64 Å². The first kappa shape index (κ1) is 13.1. The van der Waals surface area contributed by atoms with E-state index in [2.05, 4.69) is 27.7 Å². The molecule has 2 rings (SSSR count). The van der Waals surface area contributed by atoms with Gasteiger partial charge in [-0.25, -0.2) is 0 Å². The molecule has 0 unspecified atom stereocenters. The molecule has 5 nitrogen and oxygen atoms in total. The average molecular weight is 265 g/mol. The van der Waals surface area contributed by atoms with Crippen molar-refractivity contribution in [3.8, 4) is 6.07 Å². The molecule has 0 aromatic carbocycles. The molecule has 1 aromatic rings. The van der Waals surface area contributed by atoms with E-state index in [-0.39, 0.29) is 0 Å². The average Bonchev–Trinajstić information content (AvgIpc) is 2.72. The molecule has 0 aliphatic carbocycles. The fraction of sp³-hybridized carbons (Fsp3) is 0.667. The summed E-state index contributed by atoms with van der Waals surface area (Å²) in [6.45, 7) is 3.29. The highest BCUT2D eigenvalue weighted by molar-refractivity contribution is 7.10. The number of piperidine rings is 1. The molecule has 1 aliphatic heterocycles. The van der Waals surface area contributed by atoms with E-state index in [0.29, 0.717) is 11.4 Å². The van der Waals surface area contributed by atoms with Gasteiger partial charge in [0, 0.05) is 6.54 Å². The minimum Gasteiger partial charge on any atom is -0.382 e. The zero-order valence-corrected chi connectivity index (χ0v) is 11.5. The quantitative estimate of drug-likeness (QED) is 0.867. The molecule has 0 amide bonds. The first-order chi connectivity index (χ1) is 8.70. The molecular weight excluding hydrogens is 246 g/mol. The zero-order chi connectivity index (χ0) is 13.0. The normalized spacial score (nSPS) is 17.6. The first-order valence-electron chi connectivity index (χ1n) is 6.28. The highest BCUT2D eigenvalue weighted by atomic mass is 32.1. The molecule has 1 aliphatic rings. The lowest BCUT2D eigenvalue weighted by molar-refractivity contribution is 0.215. The molecule has 0 spiro atoms. The molecule has 1 aromatic heterocycles. The first-order valence-corrected chi connectivity index (χ1v) is 7.05. The number of nitrogens with one attached hydrogen (secondary N) is 1. The molecule has 1 fully saturated rings. The third-order valence-electron chi connectivity index (χ3n) is 3.51. The standard InChI is InChI=1S/C12H19N5S/c1-17-6-3-9(4-7-17)2-5-15-12-10(8-13)11(14)16-18-12/h9,15H,2-7H2,1H3,(H2,14,16). The number of nitrogen functional groups attached to an aromatic ring is 1. The summed E-state index contributed by atoms with van der Waals surface area (Å²) in [5.41, 5.74) is 6.10. The van der Waals surface area contributed by atoms with E-state index in [1.807, 2.05) is 0 Å². The smallest absolute Gasteiger partial charge is 0.157 e. The van der Waals surface area contributed by atoms with Gasteiger partial charge >= 0.3 is 0 Å². The van der Waals surface area contributed by atoms with Crippen molar-refractivity contribution in [1.82, 2.24) is 9.27 Å². The van der Waals surface area contributed by atoms with E-state index in [1.165, 1.54) is 37.5 Å². The van der Waals surface area contributed by atoms with Gasteiger partial charge < -0.3 is 16.0 Å². The minimum atomic E-state index is 0.337. The van der Waals surface area contributed by atoms with Crippen molar-refractivity contribution in [1.29, 1.82) is 5.26 Å². The Bertz CT molecular complexity index is 428. The highest BCUT2D eigenvalue weighted by Crippen LogP contribution is 2.26. The number of rotatable bonds is 4. The summed E-state index contributed by atoms with van der Waals surface area (Å²) in [6.07, 6.45) is 3.69. The van der Waals surface area contributed by atoms with Crippen LogP contribution in [0.2, 0.25) is 0 Å². The van der Waals surface area contributed by atoms with Crippen molar-refractivity contribution in [3.05, 3.63) is 5.56 Å². The van der Waals surface area contributed by atoms with Crippen LogP contribution in [-0.2, 0) is 0 Å². The van der Waals surface area contributed by atoms with Gasteiger partial charge in [-0.1, -0.05) is 0 Å². The molecule has 0 saturated carbocycles. The van der Waals surface area contributed by atoms with Gasteiger partial charge in [-0.05, 0) is 56.9 Å². The van der Waals surface area contributed by atoms with Gasteiger partial charge in [0.25, 0.3) is 0 Å². The molecule has 0 radical (unpaired) electrons. The highest BCUT2D eigenvalue weighted by Gasteiger charge is 2.16. The monoisotopic (exact) mass is 265 g/mol. The summed E-state index contributed by atoms with van der Waals surface area (Å²) < 4.78 is 3.99. The number of nitrogens with zero attached hydrogens (tertiary/aromatic N) is 3. The molecule has 1 saturated heterocycles. The summed E-state index contributed by atoms with van der Waals surface area (Å²) in [5, 5.41) is 13.0. The summed E-state index contributed by atoms with van der Waals surface area (Å²) >= 11 is 1.27. The Morgan fingerprint density at radius 1 is 1.56 bits per heavy atom. The second kappa shape index (κ2) is 6.03. The van der Waals surface area contributed by atoms with E-state index in [4.69, 9.17) is 11.0 Å². The predicted octanol–water partition coefficient (Wildman–Crippen LogP) is 1.74. The fourth-order valence-electron chi connectivity index (χ4n) is 2.27. The number of anilines is 2. The fourth-order valence-corrected chi connectivity index (χ4v) is 2.96. The third kappa shape index (κ3) is 3.12. The maximum atomic E-state index is 8.96. The van der Waals surface area contributed by atoms with Crippen LogP contribution in [0.3, 0.4) is 0 Å². The van der Waals surface area contributed by atoms with Gasteiger partial charge in [0.05, 0.1) is 0 Å². The van der Waals surface area contributed by atoms with Crippen LogP contribution in [0.25, 0.3) is 0 Å². The number of hydrogen-bond acceptors (Lipinski definition) is 6. The molecule has 0 bridgehead atoms. The number of likely N-dealkylation sites (tertiary alicyclic amines) is 1. The van der Waals surface area contributed by atoms with E-state index in [1.54, 1.807) is 0 Å². The van der Waals surface area contributed by atoms with E-state index in [0.717, 1.165) is 23.9 Å².